The maximum Gasteiger partial charge on any atom is 0.350 e. The summed E-state index contributed by atoms with van der Waals surface area (Å²) >= 11 is 0. The molecule has 0 bridgehead atoms. The molecule has 27 heavy (non-hydrogen) atoms. The summed E-state index contributed by atoms with van der Waals surface area (Å²) in [7, 11) is 0. The summed E-state index contributed by atoms with van der Waals surface area (Å²) in [4.78, 5) is 31.3. The highest BCUT2D eigenvalue weighted by Crippen LogP contribution is 2.32. The van der Waals surface area contributed by atoms with Gasteiger partial charge in [0.15, 0.2) is 0 Å². The lowest BCUT2D eigenvalue weighted by atomic mass is 9.76. The van der Waals surface area contributed by atoms with Gasteiger partial charge in [0.1, 0.15) is 5.52 Å². The van der Waals surface area contributed by atoms with E-state index in [4.69, 9.17) is 0 Å². The van der Waals surface area contributed by atoms with E-state index in [0.717, 1.165) is 27.6 Å². The van der Waals surface area contributed by atoms with Gasteiger partial charge in [0.2, 0.25) is 0 Å². The first-order valence-corrected chi connectivity index (χ1v) is 9.34. The van der Waals surface area contributed by atoms with Crippen LogP contribution in [0.5, 0.6) is 0 Å². The first kappa shape index (κ1) is 17.5. The molecule has 6 nitrogen and oxygen atoms in total. The Morgan fingerprint density at radius 2 is 1.93 bits per heavy atom. The minimum absolute atomic E-state index is 0.195. The van der Waals surface area contributed by atoms with Gasteiger partial charge in [-0.05, 0) is 44.2 Å². The molecule has 0 unspecified atom stereocenters. The molecule has 1 aliphatic rings. The van der Waals surface area contributed by atoms with E-state index < -0.39 is 11.2 Å². The lowest BCUT2D eigenvalue weighted by Crippen LogP contribution is -2.33. The molecule has 140 valence electrons. The Morgan fingerprint density at radius 3 is 2.67 bits per heavy atom. The van der Waals surface area contributed by atoms with Gasteiger partial charge in [-0.1, -0.05) is 37.1 Å². The lowest BCUT2D eigenvalue weighted by molar-refractivity contribution is 0.361. The number of aromatic nitrogens is 3. The lowest BCUT2D eigenvalue weighted by Gasteiger charge is -2.29. The fourth-order valence-corrected chi connectivity index (χ4v) is 4.28. The summed E-state index contributed by atoms with van der Waals surface area (Å²) in [5, 5.41) is 5.12. The first-order valence-electron chi connectivity index (χ1n) is 9.34. The highest BCUT2D eigenvalue weighted by molar-refractivity contribution is 6.04. The third-order valence-electron chi connectivity index (χ3n) is 5.59. The van der Waals surface area contributed by atoms with Gasteiger partial charge in [-0.25, -0.2) is 4.79 Å². The Morgan fingerprint density at radius 1 is 1.15 bits per heavy atom. The molecule has 2 N–H and O–H groups in total. The van der Waals surface area contributed by atoms with Crippen LogP contribution in [0.2, 0.25) is 0 Å². The van der Waals surface area contributed by atoms with E-state index >= 15 is 0 Å². The van der Waals surface area contributed by atoms with Crippen LogP contribution in [0.1, 0.15) is 32.8 Å². The van der Waals surface area contributed by atoms with Gasteiger partial charge < -0.3 is 9.97 Å². The minimum atomic E-state index is -0.519. The van der Waals surface area contributed by atoms with Crippen LogP contribution in [-0.2, 0) is 0 Å². The van der Waals surface area contributed by atoms with E-state index in [0.29, 0.717) is 22.9 Å². The van der Waals surface area contributed by atoms with Crippen molar-refractivity contribution in [1.82, 2.24) is 14.6 Å². The predicted octanol–water partition coefficient (Wildman–Crippen LogP) is 3.55. The molecule has 0 fully saturated rings. The smallest absolute Gasteiger partial charge is 0.349 e. The maximum atomic E-state index is 12.9. The molecule has 6 heteroatoms. The van der Waals surface area contributed by atoms with Crippen molar-refractivity contribution in [2.24, 2.45) is 22.9 Å². The number of fused-ring (bicyclic) bond motifs is 3. The van der Waals surface area contributed by atoms with E-state index in [2.05, 4.69) is 41.9 Å². The maximum absolute atomic E-state index is 12.9. The van der Waals surface area contributed by atoms with Gasteiger partial charge >= 0.3 is 11.2 Å². The van der Waals surface area contributed by atoms with Gasteiger partial charge in [0.05, 0.1) is 5.52 Å². The number of hydrogen-bond donors (Lipinski definition) is 2. The Hall–Kier alpha value is -2.89. The van der Waals surface area contributed by atoms with Gasteiger partial charge in [-0.2, -0.15) is 5.10 Å². The Kier molecular flexibility index (Phi) is 4.13. The number of rotatable bonds is 2. The molecule has 0 spiro atoms. The van der Waals surface area contributed by atoms with Crippen LogP contribution in [0.3, 0.4) is 0 Å². The number of aromatic amines is 2. The Labute approximate surface area is 156 Å². The summed E-state index contributed by atoms with van der Waals surface area (Å²) in [6.45, 7) is 8.44. The molecular weight excluding hydrogens is 340 g/mol. The van der Waals surface area contributed by atoms with E-state index in [-0.39, 0.29) is 5.92 Å². The van der Waals surface area contributed by atoms with Crippen molar-refractivity contribution in [2.75, 3.05) is 0 Å². The van der Waals surface area contributed by atoms with Crippen molar-refractivity contribution in [3.8, 4) is 0 Å². The van der Waals surface area contributed by atoms with Crippen molar-refractivity contribution in [1.29, 1.82) is 0 Å². The van der Waals surface area contributed by atoms with Crippen molar-refractivity contribution < 1.29 is 0 Å². The van der Waals surface area contributed by atoms with Crippen LogP contribution >= 0.6 is 0 Å². The Balaban J connectivity index is 1.82. The second-order valence-corrected chi connectivity index (χ2v) is 7.87. The molecule has 3 atom stereocenters. The molecule has 0 radical (unpaired) electrons. The highest BCUT2D eigenvalue weighted by Gasteiger charge is 2.25. The molecule has 2 heterocycles. The largest absolute Gasteiger partial charge is 0.350 e. The molecule has 3 aromatic rings. The monoisotopic (exact) mass is 364 g/mol. The third-order valence-corrected chi connectivity index (χ3v) is 5.59. The molecule has 0 aliphatic heterocycles. The average Bonchev–Trinajstić information content (AvgIpc) is 2.94. The quantitative estimate of drug-likeness (QED) is 0.538. The number of nitrogens with one attached hydrogen (secondary N) is 2. The van der Waals surface area contributed by atoms with E-state index in [9.17, 15) is 9.59 Å². The zero-order chi connectivity index (χ0) is 19.3. The number of allylic oxidation sites excluding steroid dienone is 2. The molecule has 0 amide bonds. The SMILES string of the molecule is CC1=C[C@H](C)[C@H](C=Nn2c(=O)[nH]c3c([nH]c4ccc(C)cc43)c2=O)[C@@H](C)C1. The minimum Gasteiger partial charge on any atom is -0.349 e. The summed E-state index contributed by atoms with van der Waals surface area (Å²) in [5.74, 6) is 0.941. The zero-order valence-electron chi connectivity index (χ0n) is 16.0. The summed E-state index contributed by atoms with van der Waals surface area (Å²) < 4.78 is 0.926. The predicted molar refractivity (Wildman–Crippen MR) is 110 cm³/mol. The topological polar surface area (TPSA) is 83.0 Å². The molecule has 0 saturated heterocycles. The van der Waals surface area contributed by atoms with Gasteiger partial charge in [-0.3, -0.25) is 4.79 Å². The third kappa shape index (κ3) is 2.95. The van der Waals surface area contributed by atoms with Crippen LogP contribution in [0, 0.1) is 24.7 Å². The van der Waals surface area contributed by atoms with Crippen LogP contribution in [0.15, 0.2) is 44.5 Å². The number of hydrogen-bond acceptors (Lipinski definition) is 3. The molecule has 0 saturated carbocycles. The second kappa shape index (κ2) is 6.37. The van der Waals surface area contributed by atoms with Crippen molar-refractivity contribution in [3.63, 3.8) is 0 Å². The van der Waals surface area contributed by atoms with Crippen molar-refractivity contribution in [3.05, 3.63) is 56.2 Å². The number of aryl methyl sites for hydroxylation is 1. The fourth-order valence-electron chi connectivity index (χ4n) is 4.28. The summed E-state index contributed by atoms with van der Waals surface area (Å²) in [6.07, 6.45) is 5.01. The van der Waals surface area contributed by atoms with Crippen molar-refractivity contribution >= 4 is 28.2 Å². The molecule has 2 aromatic heterocycles. The fraction of sp³-hybridized carbons (Fsp3) is 0.381. The van der Waals surface area contributed by atoms with Crippen LogP contribution in [0.4, 0.5) is 0 Å². The first-order chi connectivity index (χ1) is 12.8. The van der Waals surface area contributed by atoms with Crippen LogP contribution in [0.25, 0.3) is 21.9 Å². The standard InChI is InChI=1S/C21H24N4O2/c1-11-5-6-17-15(9-11)18-19(23-17)20(26)25(21(27)24-18)22-10-16-13(3)7-12(2)8-14(16)4/h5-7,9-10,13-14,16,23H,8H2,1-4H3,(H,24,27)/t13-,14-,16-/m0/s1. The summed E-state index contributed by atoms with van der Waals surface area (Å²) in [5.41, 5.74) is 3.22. The highest BCUT2D eigenvalue weighted by atomic mass is 16.2. The Bertz CT molecular complexity index is 1210. The normalized spacial score (nSPS) is 23.4. The van der Waals surface area contributed by atoms with Crippen LogP contribution < -0.4 is 11.2 Å². The number of nitrogens with zero attached hydrogens (tertiary/aromatic N) is 2. The molecule has 1 aliphatic carbocycles. The molecular formula is C21H24N4O2. The van der Waals surface area contributed by atoms with Gasteiger partial charge in [0, 0.05) is 23.0 Å². The zero-order valence-corrected chi connectivity index (χ0v) is 16.0. The molecule has 1 aromatic carbocycles. The van der Waals surface area contributed by atoms with E-state index in [1.807, 2.05) is 25.1 Å². The van der Waals surface area contributed by atoms with E-state index in [1.165, 1.54) is 5.57 Å². The summed E-state index contributed by atoms with van der Waals surface area (Å²) in [6, 6.07) is 5.83. The second-order valence-electron chi connectivity index (χ2n) is 7.87. The number of benzene rings is 1. The van der Waals surface area contributed by atoms with E-state index in [1.54, 1.807) is 6.21 Å². The van der Waals surface area contributed by atoms with Gasteiger partial charge in [-0.15, -0.1) is 4.68 Å². The van der Waals surface area contributed by atoms with Gasteiger partial charge in [0.25, 0.3) is 0 Å². The average molecular weight is 364 g/mol. The van der Waals surface area contributed by atoms with Crippen LogP contribution in [-0.4, -0.2) is 20.9 Å². The molecule has 4 rings (SSSR count). The number of H-pyrrole nitrogens is 2. The van der Waals surface area contributed by atoms with Crippen molar-refractivity contribution in [2.45, 2.75) is 34.1 Å².